The molecular weight excluding hydrogens is 312 g/mol. The Kier molecular flexibility index (Phi) is 6.44. The molecule has 23 heavy (non-hydrogen) atoms. The van der Waals surface area contributed by atoms with E-state index in [1.807, 2.05) is 55.5 Å². The summed E-state index contributed by atoms with van der Waals surface area (Å²) in [6, 6.07) is 16.7. The van der Waals surface area contributed by atoms with Crippen molar-refractivity contribution in [1.29, 1.82) is 0 Å². The number of carbonyl (C=O) groups is 1. The molecule has 0 aliphatic carbocycles. The highest BCUT2D eigenvalue weighted by atomic mass is 35.5. The lowest BCUT2D eigenvalue weighted by Gasteiger charge is -2.25. The summed E-state index contributed by atoms with van der Waals surface area (Å²) in [5.41, 5.74) is 1.88. The number of hydrogen-bond acceptors (Lipinski definition) is 2. The second kappa shape index (κ2) is 8.56. The minimum absolute atomic E-state index is 0.0826. The quantitative estimate of drug-likeness (QED) is 0.849. The third-order valence-corrected chi connectivity index (χ3v) is 3.93. The van der Waals surface area contributed by atoms with E-state index in [2.05, 4.69) is 5.32 Å². The molecule has 0 radical (unpaired) electrons. The summed E-state index contributed by atoms with van der Waals surface area (Å²) < 4.78 is 0. The maximum absolute atomic E-state index is 12.5. The first-order valence-corrected chi connectivity index (χ1v) is 7.94. The SMILES string of the molecule is CC(NC(=O)N(CCO)Cc1ccccc1)c1ccccc1Cl. The van der Waals surface area contributed by atoms with Gasteiger partial charge in [-0.2, -0.15) is 0 Å². The number of benzene rings is 2. The lowest BCUT2D eigenvalue weighted by molar-refractivity contribution is 0.171. The molecule has 0 bridgehead atoms. The average molecular weight is 333 g/mol. The molecule has 0 spiro atoms. The standard InChI is InChI=1S/C18H21ClN2O2/c1-14(16-9-5-6-10-17(16)19)20-18(23)21(11-12-22)13-15-7-3-2-4-8-15/h2-10,14,22H,11-13H2,1H3,(H,20,23). The molecule has 2 N–H and O–H groups in total. The molecule has 0 saturated heterocycles. The van der Waals surface area contributed by atoms with Crippen molar-refractivity contribution < 1.29 is 9.90 Å². The Morgan fingerprint density at radius 1 is 1.17 bits per heavy atom. The molecule has 0 aliphatic rings. The van der Waals surface area contributed by atoms with Crippen molar-refractivity contribution in [2.75, 3.05) is 13.2 Å². The van der Waals surface area contributed by atoms with Crippen LogP contribution < -0.4 is 5.32 Å². The van der Waals surface area contributed by atoms with Crippen LogP contribution in [0, 0.1) is 0 Å². The number of carbonyl (C=O) groups excluding carboxylic acids is 1. The molecule has 0 heterocycles. The van der Waals surface area contributed by atoms with E-state index in [1.54, 1.807) is 11.0 Å². The van der Waals surface area contributed by atoms with Gasteiger partial charge in [-0.05, 0) is 24.1 Å². The molecule has 122 valence electrons. The fourth-order valence-electron chi connectivity index (χ4n) is 2.36. The van der Waals surface area contributed by atoms with E-state index in [4.69, 9.17) is 11.6 Å². The lowest BCUT2D eigenvalue weighted by Crippen LogP contribution is -2.42. The predicted octanol–water partition coefficient (Wildman–Crippen LogP) is 3.61. The Labute approximate surface area is 141 Å². The molecular formula is C18H21ClN2O2. The number of urea groups is 1. The highest BCUT2D eigenvalue weighted by Crippen LogP contribution is 2.22. The Hall–Kier alpha value is -2.04. The van der Waals surface area contributed by atoms with Crippen LogP contribution in [0.15, 0.2) is 54.6 Å². The van der Waals surface area contributed by atoms with Gasteiger partial charge in [-0.1, -0.05) is 60.1 Å². The topological polar surface area (TPSA) is 52.6 Å². The number of halogens is 1. The van der Waals surface area contributed by atoms with E-state index in [1.165, 1.54) is 0 Å². The fourth-order valence-corrected chi connectivity index (χ4v) is 2.66. The van der Waals surface area contributed by atoms with Crippen LogP contribution in [-0.2, 0) is 6.54 Å². The smallest absolute Gasteiger partial charge is 0.318 e. The van der Waals surface area contributed by atoms with E-state index in [-0.39, 0.29) is 25.2 Å². The molecule has 2 amide bonds. The van der Waals surface area contributed by atoms with Crippen LogP contribution in [-0.4, -0.2) is 29.2 Å². The van der Waals surface area contributed by atoms with Crippen LogP contribution in [0.1, 0.15) is 24.1 Å². The Morgan fingerprint density at radius 2 is 1.83 bits per heavy atom. The van der Waals surface area contributed by atoms with Gasteiger partial charge in [0.1, 0.15) is 0 Å². The number of hydrogen-bond donors (Lipinski definition) is 2. The second-order valence-electron chi connectivity index (χ2n) is 5.32. The van der Waals surface area contributed by atoms with Crippen LogP contribution in [0.5, 0.6) is 0 Å². The van der Waals surface area contributed by atoms with Crippen molar-refractivity contribution in [1.82, 2.24) is 10.2 Å². The Bertz CT molecular complexity index is 634. The van der Waals surface area contributed by atoms with Gasteiger partial charge in [0.2, 0.25) is 0 Å². The zero-order valence-corrected chi connectivity index (χ0v) is 13.8. The van der Waals surface area contributed by atoms with E-state index < -0.39 is 0 Å². The Morgan fingerprint density at radius 3 is 2.48 bits per heavy atom. The molecule has 1 atom stereocenters. The lowest BCUT2D eigenvalue weighted by atomic mass is 10.1. The highest BCUT2D eigenvalue weighted by molar-refractivity contribution is 6.31. The summed E-state index contributed by atoms with van der Waals surface area (Å²) >= 11 is 6.17. The summed E-state index contributed by atoms with van der Waals surface area (Å²) in [5.74, 6) is 0. The largest absolute Gasteiger partial charge is 0.395 e. The first-order chi connectivity index (χ1) is 11.1. The number of nitrogens with one attached hydrogen (secondary N) is 1. The van der Waals surface area contributed by atoms with Crippen molar-refractivity contribution >= 4 is 17.6 Å². The third-order valence-electron chi connectivity index (χ3n) is 3.59. The van der Waals surface area contributed by atoms with Gasteiger partial charge in [-0.3, -0.25) is 0 Å². The molecule has 0 saturated carbocycles. The Balaban J connectivity index is 2.04. The number of nitrogens with zero attached hydrogens (tertiary/aromatic N) is 1. The maximum atomic E-state index is 12.5. The van der Waals surface area contributed by atoms with E-state index in [0.29, 0.717) is 11.6 Å². The monoisotopic (exact) mass is 332 g/mol. The predicted molar refractivity (Wildman–Crippen MR) is 92.3 cm³/mol. The molecule has 0 aliphatic heterocycles. The van der Waals surface area contributed by atoms with Gasteiger partial charge in [0.15, 0.2) is 0 Å². The molecule has 2 rings (SSSR count). The van der Waals surface area contributed by atoms with E-state index in [0.717, 1.165) is 11.1 Å². The molecule has 0 fully saturated rings. The van der Waals surface area contributed by atoms with E-state index in [9.17, 15) is 9.90 Å². The zero-order chi connectivity index (χ0) is 16.7. The number of aliphatic hydroxyl groups is 1. The van der Waals surface area contributed by atoms with Crippen molar-refractivity contribution in [2.45, 2.75) is 19.5 Å². The van der Waals surface area contributed by atoms with Crippen LogP contribution in [0.4, 0.5) is 4.79 Å². The number of amides is 2. The zero-order valence-electron chi connectivity index (χ0n) is 13.1. The normalized spacial score (nSPS) is 11.8. The molecule has 5 heteroatoms. The van der Waals surface area contributed by atoms with Gasteiger partial charge >= 0.3 is 6.03 Å². The summed E-state index contributed by atoms with van der Waals surface area (Å²) in [6.07, 6.45) is 0. The molecule has 4 nitrogen and oxygen atoms in total. The summed E-state index contributed by atoms with van der Waals surface area (Å²) in [6.45, 7) is 2.53. The van der Waals surface area contributed by atoms with Crippen LogP contribution >= 0.6 is 11.6 Å². The van der Waals surface area contributed by atoms with Gasteiger partial charge in [-0.15, -0.1) is 0 Å². The first-order valence-electron chi connectivity index (χ1n) is 7.56. The van der Waals surface area contributed by atoms with Crippen molar-refractivity contribution in [3.63, 3.8) is 0 Å². The highest BCUT2D eigenvalue weighted by Gasteiger charge is 2.17. The molecule has 2 aromatic rings. The van der Waals surface area contributed by atoms with Crippen LogP contribution in [0.25, 0.3) is 0 Å². The van der Waals surface area contributed by atoms with Gasteiger partial charge in [0.25, 0.3) is 0 Å². The van der Waals surface area contributed by atoms with E-state index >= 15 is 0 Å². The van der Waals surface area contributed by atoms with Crippen LogP contribution in [0.2, 0.25) is 5.02 Å². The second-order valence-corrected chi connectivity index (χ2v) is 5.73. The number of rotatable bonds is 6. The summed E-state index contributed by atoms with van der Waals surface area (Å²) in [7, 11) is 0. The van der Waals surface area contributed by atoms with Crippen molar-refractivity contribution in [3.05, 3.63) is 70.7 Å². The van der Waals surface area contributed by atoms with Gasteiger partial charge in [0.05, 0.1) is 12.6 Å². The summed E-state index contributed by atoms with van der Waals surface area (Å²) in [5, 5.41) is 12.8. The van der Waals surface area contributed by atoms with Crippen LogP contribution in [0.3, 0.4) is 0 Å². The first kappa shape index (κ1) is 17.3. The molecule has 0 aromatic heterocycles. The van der Waals surface area contributed by atoms with Gasteiger partial charge < -0.3 is 15.3 Å². The van der Waals surface area contributed by atoms with Crippen molar-refractivity contribution in [3.8, 4) is 0 Å². The molecule has 1 unspecified atom stereocenters. The van der Waals surface area contributed by atoms with Gasteiger partial charge in [0, 0.05) is 18.1 Å². The maximum Gasteiger partial charge on any atom is 0.318 e. The third kappa shape index (κ3) is 4.98. The molecule has 2 aromatic carbocycles. The summed E-state index contributed by atoms with van der Waals surface area (Å²) in [4.78, 5) is 14.1. The number of aliphatic hydroxyl groups excluding tert-OH is 1. The van der Waals surface area contributed by atoms with Crippen molar-refractivity contribution in [2.24, 2.45) is 0 Å². The fraction of sp³-hybridized carbons (Fsp3) is 0.278. The van der Waals surface area contributed by atoms with Gasteiger partial charge in [-0.25, -0.2) is 4.79 Å². The minimum Gasteiger partial charge on any atom is -0.395 e. The average Bonchev–Trinajstić information content (AvgIpc) is 2.55. The minimum atomic E-state index is -0.227.